The first-order valence-electron chi connectivity index (χ1n) is 6.36. The fourth-order valence-electron chi connectivity index (χ4n) is 2.02. The predicted molar refractivity (Wildman–Crippen MR) is 90.7 cm³/mol. The first-order valence-corrected chi connectivity index (χ1v) is 10.6. The van der Waals surface area contributed by atoms with E-state index in [1.807, 2.05) is 0 Å². The van der Waals surface area contributed by atoms with Crippen molar-refractivity contribution in [1.29, 1.82) is 0 Å². The molecule has 0 saturated heterocycles. The van der Waals surface area contributed by atoms with Crippen molar-refractivity contribution in [1.82, 2.24) is 4.90 Å². The first kappa shape index (κ1) is 22.5. The number of nitrogens with zero attached hydrogens (tertiary/aromatic N) is 1. The number of hydrogen-bond donors (Lipinski definition) is 0. The quantitative estimate of drug-likeness (QED) is 0.354. The van der Waals surface area contributed by atoms with Crippen LogP contribution in [0.5, 0.6) is 0 Å². The van der Waals surface area contributed by atoms with Crippen LogP contribution in [-0.4, -0.2) is 42.0 Å². The van der Waals surface area contributed by atoms with E-state index >= 15 is 0 Å². The minimum absolute atomic E-state index is 0.0210. The van der Waals surface area contributed by atoms with Crippen LogP contribution in [0.4, 0.5) is 0 Å². The van der Waals surface area contributed by atoms with Crippen molar-refractivity contribution < 1.29 is 12.7 Å². The van der Waals surface area contributed by atoms with Crippen molar-refractivity contribution in [2.75, 3.05) is 26.8 Å². The predicted octanol–water partition coefficient (Wildman–Crippen LogP) is 5.56. The summed E-state index contributed by atoms with van der Waals surface area (Å²) in [7, 11) is 13.6. The number of rotatable bonds is 4. The van der Waals surface area contributed by atoms with Gasteiger partial charge in [-0.3, -0.25) is 0 Å². The molecule has 1 nitrogen and oxygen atoms in total. The molecule has 0 fully saturated rings. The molecule has 0 amide bonds. The summed E-state index contributed by atoms with van der Waals surface area (Å²) in [5.74, 6) is 0. The van der Waals surface area contributed by atoms with E-state index in [2.05, 4.69) is 72.7 Å². The molecule has 0 N–H and O–H groups in total. The second-order valence-electron chi connectivity index (χ2n) is 6.73. The molecule has 0 aromatic rings. The van der Waals surface area contributed by atoms with E-state index in [1.54, 1.807) is 0 Å². The fourth-order valence-corrected chi connectivity index (χ4v) is 5.49. The molecule has 0 atom stereocenters. The molecule has 0 aromatic carbocycles. The van der Waals surface area contributed by atoms with Crippen molar-refractivity contribution in [3.63, 3.8) is 0 Å². The van der Waals surface area contributed by atoms with Crippen LogP contribution in [0.2, 0.25) is 0 Å². The van der Waals surface area contributed by atoms with E-state index in [9.17, 15) is 0 Å². The van der Waals surface area contributed by atoms with Gasteiger partial charge in [0.05, 0.1) is 0 Å². The molecule has 0 rings (SSSR count). The fraction of sp³-hybridized carbons (Fsp3) is 0.857. The van der Waals surface area contributed by atoms with E-state index in [0.29, 0.717) is 23.0 Å². The molecule has 0 aliphatic rings. The Morgan fingerprint density at radius 1 is 0.947 bits per heavy atom. The van der Waals surface area contributed by atoms with Crippen LogP contribution in [0.3, 0.4) is 0 Å². The summed E-state index contributed by atoms with van der Waals surface area (Å²) in [6.07, 6.45) is 5.92. The maximum absolute atomic E-state index is 4.70. The molecule has 0 spiro atoms. The summed E-state index contributed by atoms with van der Waals surface area (Å²) in [5, 5.41) is 0.881. The Morgan fingerprint density at radius 2 is 1.32 bits per heavy atom. The third-order valence-electron chi connectivity index (χ3n) is 2.54. The summed E-state index contributed by atoms with van der Waals surface area (Å²) < 4.78 is 0. The van der Waals surface area contributed by atoms with Crippen LogP contribution in [0.1, 0.15) is 41.5 Å². The number of halogens is 2. The monoisotopic (exact) mass is 371 g/mol. The van der Waals surface area contributed by atoms with Gasteiger partial charge in [0.25, 0.3) is 0 Å². The maximum atomic E-state index is 4.70. The molecule has 0 unspecified atom stereocenters. The molecule has 0 aliphatic heterocycles. The zero-order valence-corrected chi connectivity index (χ0v) is 16.9. The number of hydrogen-bond acceptors (Lipinski definition) is 1. The summed E-state index contributed by atoms with van der Waals surface area (Å²) in [6.45, 7) is 15.3. The minimum atomic E-state index is 0.0210. The van der Waals surface area contributed by atoms with Crippen molar-refractivity contribution >= 4 is 28.3 Å². The second kappa shape index (κ2) is 10.9. The molecule has 19 heavy (non-hydrogen) atoms. The van der Waals surface area contributed by atoms with Gasteiger partial charge < -0.3 is 4.90 Å². The Kier molecular flexibility index (Phi) is 12.9. The van der Waals surface area contributed by atoms with Crippen molar-refractivity contribution in [3.8, 4) is 0 Å². The first-order chi connectivity index (χ1) is 8.46. The van der Waals surface area contributed by atoms with Crippen LogP contribution in [0.25, 0.3) is 0 Å². The Bertz CT molecular complexity index is 231. The van der Waals surface area contributed by atoms with Crippen LogP contribution < -0.4 is 0 Å². The van der Waals surface area contributed by atoms with Crippen molar-refractivity contribution in [2.45, 2.75) is 51.9 Å². The van der Waals surface area contributed by atoms with Gasteiger partial charge in [-0.05, 0) is 30.6 Å². The van der Waals surface area contributed by atoms with Crippen LogP contribution in [0.15, 0.2) is 12.2 Å². The van der Waals surface area contributed by atoms with Gasteiger partial charge >= 0.3 is 33.0 Å². The van der Waals surface area contributed by atoms with Crippen molar-refractivity contribution in [3.05, 3.63) is 12.2 Å². The summed E-state index contributed by atoms with van der Waals surface area (Å²) in [5.41, 5.74) is 0. The molecule has 0 aliphatic carbocycles. The Labute approximate surface area is 136 Å². The van der Waals surface area contributed by atoms with Crippen LogP contribution in [-0.2, 0) is 12.7 Å². The van der Waals surface area contributed by atoms with Gasteiger partial charge in [-0.2, -0.15) is 0 Å². The number of allylic oxidation sites excluding steroid dienone is 1. The molecular formula is C14H30Cl2NNiP. The second-order valence-corrected chi connectivity index (χ2v) is 12.3. The van der Waals surface area contributed by atoms with E-state index in [4.69, 9.17) is 20.4 Å². The Hall–Kier alpha value is 1.20. The molecule has 0 heterocycles. The Morgan fingerprint density at radius 3 is 1.58 bits per heavy atom. The summed E-state index contributed by atoms with van der Waals surface area (Å²) in [6, 6.07) is 0. The summed E-state index contributed by atoms with van der Waals surface area (Å²) in [4.78, 5) is 2.20. The molecule has 120 valence electrons. The van der Waals surface area contributed by atoms with E-state index in [-0.39, 0.29) is 7.92 Å². The molecule has 0 bridgehead atoms. The van der Waals surface area contributed by atoms with Gasteiger partial charge in [0.2, 0.25) is 0 Å². The topological polar surface area (TPSA) is 3.24 Å². The van der Waals surface area contributed by atoms with Gasteiger partial charge in [-0.1, -0.05) is 61.6 Å². The van der Waals surface area contributed by atoms with Crippen LogP contribution >= 0.6 is 28.3 Å². The van der Waals surface area contributed by atoms with Gasteiger partial charge in [0.1, 0.15) is 0 Å². The van der Waals surface area contributed by atoms with Gasteiger partial charge in [-0.25, -0.2) is 0 Å². The SMILES string of the molecule is CN(C)CC=CCP(C(C)(C)C)C(C)(C)C.[Cl][Ni][Cl]. The number of likely N-dealkylation sites (N-methyl/N-ethyl adjacent to an activating group) is 1. The van der Waals surface area contributed by atoms with E-state index in [0.717, 1.165) is 6.54 Å². The zero-order valence-electron chi connectivity index (χ0n) is 13.5. The molecule has 0 saturated carbocycles. The molecule has 0 aromatic heterocycles. The third-order valence-corrected chi connectivity index (χ3v) is 6.36. The van der Waals surface area contributed by atoms with Crippen molar-refractivity contribution in [2.24, 2.45) is 0 Å². The zero-order chi connectivity index (χ0) is 15.7. The van der Waals surface area contributed by atoms with E-state index < -0.39 is 0 Å². The van der Waals surface area contributed by atoms with Gasteiger partial charge in [0, 0.05) is 6.54 Å². The molecule has 5 heteroatoms. The van der Waals surface area contributed by atoms with Gasteiger partial charge in [0.15, 0.2) is 0 Å². The average molecular weight is 373 g/mol. The molecular weight excluding hydrogens is 343 g/mol. The van der Waals surface area contributed by atoms with Crippen LogP contribution in [0, 0.1) is 0 Å². The Balaban J connectivity index is 0. The standard InChI is InChI=1S/C14H30NP.2ClH.Ni/c1-13(2,3)16(14(4,5)6)12-10-9-11-15(7)8;;;/h9-10H,11-12H2,1-8H3;2*1H;/q;;;+2/p-2. The molecule has 0 radical (unpaired) electrons. The third kappa shape index (κ3) is 13.9. The summed E-state index contributed by atoms with van der Waals surface area (Å²) >= 11 is 0.569. The van der Waals surface area contributed by atoms with Gasteiger partial charge in [-0.15, -0.1) is 0 Å². The normalized spacial score (nSPS) is 13.3. The van der Waals surface area contributed by atoms with E-state index in [1.165, 1.54) is 6.16 Å². The average Bonchev–Trinajstić information content (AvgIpc) is 2.13.